The number of aromatic nitrogens is 2. The maximum atomic E-state index is 9.98. The van der Waals surface area contributed by atoms with Crippen LogP contribution in [0.5, 0.6) is 17.2 Å². The van der Waals surface area contributed by atoms with Crippen molar-refractivity contribution in [3.05, 3.63) is 72.3 Å². The molecule has 0 spiro atoms. The van der Waals surface area contributed by atoms with Gasteiger partial charge >= 0.3 is 0 Å². The first-order chi connectivity index (χ1) is 16.7. The van der Waals surface area contributed by atoms with Crippen LogP contribution in [0.25, 0.3) is 0 Å². The van der Waals surface area contributed by atoms with Crippen LogP contribution in [-0.2, 0) is 6.42 Å². The van der Waals surface area contributed by atoms with Gasteiger partial charge in [0.1, 0.15) is 30.0 Å². The molecule has 1 aliphatic heterocycles. The molecule has 6 nitrogen and oxygen atoms in total. The molecule has 6 heteroatoms. The lowest BCUT2D eigenvalue weighted by Gasteiger charge is -2.32. The van der Waals surface area contributed by atoms with E-state index in [9.17, 15) is 5.11 Å². The van der Waals surface area contributed by atoms with Gasteiger partial charge in [0.15, 0.2) is 0 Å². The molecule has 2 unspecified atom stereocenters. The molecule has 0 bridgehead atoms. The quantitative estimate of drug-likeness (QED) is 0.474. The molecule has 5 rings (SSSR count). The highest BCUT2D eigenvalue weighted by Gasteiger charge is 2.28. The zero-order valence-electron chi connectivity index (χ0n) is 19.8. The summed E-state index contributed by atoms with van der Waals surface area (Å²) in [5, 5.41) is 9.98. The summed E-state index contributed by atoms with van der Waals surface area (Å²) in [6.07, 6.45) is 13.9. The Kier molecular flexibility index (Phi) is 7.34. The third-order valence-corrected chi connectivity index (χ3v) is 7.10. The molecule has 1 N–H and O–H groups in total. The van der Waals surface area contributed by atoms with Gasteiger partial charge in [0.25, 0.3) is 0 Å². The maximum absolute atomic E-state index is 9.98. The van der Waals surface area contributed by atoms with Gasteiger partial charge in [-0.15, -0.1) is 0 Å². The molecule has 2 aromatic carbocycles. The van der Waals surface area contributed by atoms with Crippen LogP contribution in [0.4, 0.5) is 0 Å². The number of likely N-dealkylation sites (tertiary alicyclic amines) is 1. The molecule has 180 valence electrons. The van der Waals surface area contributed by atoms with Crippen molar-refractivity contribution in [2.75, 3.05) is 26.2 Å². The monoisotopic (exact) mass is 461 g/mol. The van der Waals surface area contributed by atoms with E-state index in [1.807, 2.05) is 24.8 Å². The number of nitrogens with zero attached hydrogens (tertiary/aromatic N) is 3. The van der Waals surface area contributed by atoms with Gasteiger partial charge in [0.05, 0.1) is 12.4 Å². The first-order valence-electron chi connectivity index (χ1n) is 12.6. The molecule has 1 saturated carbocycles. The number of rotatable bonds is 9. The van der Waals surface area contributed by atoms with Crippen molar-refractivity contribution in [3.63, 3.8) is 0 Å². The van der Waals surface area contributed by atoms with Crippen LogP contribution in [0.3, 0.4) is 0 Å². The minimum Gasteiger partial charge on any atom is -0.508 e. The molecular weight excluding hydrogens is 426 g/mol. The van der Waals surface area contributed by atoms with Gasteiger partial charge in [-0.2, -0.15) is 0 Å². The standard InChI is InChI=1S/C28H35N3O3/c32-24-10-9-23(28(20-24)33-18-17-30-14-3-4-15-30)19-22-7-11-25(12-8-22)34-27-6-2-1-5-26(27)31-16-13-29-21-31/h7-13,16,20-21,26-27,32H,1-6,14-15,17-19H2. The van der Waals surface area contributed by atoms with Crippen LogP contribution in [-0.4, -0.2) is 51.9 Å². The second-order valence-corrected chi connectivity index (χ2v) is 9.53. The number of phenols is 1. The largest absolute Gasteiger partial charge is 0.508 e. The molecule has 3 aromatic rings. The number of hydrogen-bond acceptors (Lipinski definition) is 5. The second kappa shape index (κ2) is 11.0. The third kappa shape index (κ3) is 5.73. The third-order valence-electron chi connectivity index (χ3n) is 7.10. The van der Waals surface area contributed by atoms with Crippen molar-refractivity contribution in [2.24, 2.45) is 0 Å². The lowest BCUT2D eigenvalue weighted by atomic mass is 9.92. The Labute approximate surface area is 202 Å². The van der Waals surface area contributed by atoms with Crippen LogP contribution in [0, 0.1) is 0 Å². The van der Waals surface area contributed by atoms with Crippen LogP contribution in [0.15, 0.2) is 61.2 Å². The molecular formula is C28H35N3O3. The number of imidazole rings is 1. The summed E-state index contributed by atoms with van der Waals surface area (Å²) in [4.78, 5) is 6.66. The Morgan fingerprint density at radius 2 is 1.79 bits per heavy atom. The molecule has 2 fully saturated rings. The lowest BCUT2D eigenvalue weighted by Crippen LogP contribution is -2.32. The Bertz CT molecular complexity index is 1030. The van der Waals surface area contributed by atoms with E-state index in [4.69, 9.17) is 9.47 Å². The zero-order valence-corrected chi connectivity index (χ0v) is 19.8. The van der Waals surface area contributed by atoms with E-state index in [-0.39, 0.29) is 11.9 Å². The van der Waals surface area contributed by atoms with Crippen LogP contribution >= 0.6 is 0 Å². The molecule has 34 heavy (non-hydrogen) atoms. The lowest BCUT2D eigenvalue weighted by molar-refractivity contribution is 0.0977. The molecule has 0 amide bonds. The van der Waals surface area contributed by atoms with Gasteiger partial charge in [0.2, 0.25) is 0 Å². The van der Waals surface area contributed by atoms with Crippen LogP contribution in [0.2, 0.25) is 0 Å². The summed E-state index contributed by atoms with van der Waals surface area (Å²) in [6, 6.07) is 14.2. The number of aromatic hydroxyl groups is 1. The Balaban J connectivity index is 1.21. The average Bonchev–Trinajstić information content (AvgIpc) is 3.57. The minimum atomic E-state index is 0.168. The Hall–Kier alpha value is -2.99. The molecule has 1 saturated heterocycles. The summed E-state index contributed by atoms with van der Waals surface area (Å²) in [5.41, 5.74) is 2.28. The first kappa shape index (κ1) is 22.8. The first-order valence-corrected chi connectivity index (χ1v) is 12.6. The summed E-state index contributed by atoms with van der Waals surface area (Å²) < 4.78 is 14.7. The predicted octanol–water partition coefficient (Wildman–Crippen LogP) is 5.22. The van der Waals surface area contributed by atoms with E-state index in [2.05, 4.69) is 38.7 Å². The summed E-state index contributed by atoms with van der Waals surface area (Å²) in [5.74, 6) is 1.92. The van der Waals surface area contributed by atoms with E-state index >= 15 is 0 Å². The summed E-state index contributed by atoms with van der Waals surface area (Å²) in [7, 11) is 0. The molecule has 2 aliphatic rings. The van der Waals surface area contributed by atoms with Gasteiger partial charge in [-0.05, 0) is 74.5 Å². The summed E-state index contributed by atoms with van der Waals surface area (Å²) in [6.45, 7) is 3.90. The van der Waals surface area contributed by atoms with Crippen molar-refractivity contribution in [1.82, 2.24) is 14.5 Å². The van der Waals surface area contributed by atoms with Crippen molar-refractivity contribution in [2.45, 2.75) is 57.1 Å². The smallest absolute Gasteiger partial charge is 0.126 e. The van der Waals surface area contributed by atoms with Crippen molar-refractivity contribution in [3.8, 4) is 17.2 Å². The van der Waals surface area contributed by atoms with Gasteiger partial charge in [0, 0.05) is 31.4 Å². The molecule has 0 radical (unpaired) electrons. The molecule has 1 aliphatic carbocycles. The topological polar surface area (TPSA) is 59.8 Å². The van der Waals surface area contributed by atoms with Crippen LogP contribution < -0.4 is 9.47 Å². The van der Waals surface area contributed by atoms with E-state index in [1.54, 1.807) is 12.1 Å². The highest BCUT2D eigenvalue weighted by atomic mass is 16.5. The molecule has 2 atom stereocenters. The predicted molar refractivity (Wildman–Crippen MR) is 133 cm³/mol. The Morgan fingerprint density at radius 1 is 0.971 bits per heavy atom. The highest BCUT2D eigenvalue weighted by molar-refractivity contribution is 5.43. The number of benzene rings is 2. The SMILES string of the molecule is Oc1ccc(Cc2ccc(OC3CCCCC3n3ccnc3)cc2)c(OCCN2CCCC2)c1. The number of hydrogen-bond donors (Lipinski definition) is 1. The van der Waals surface area contributed by atoms with Crippen molar-refractivity contribution < 1.29 is 14.6 Å². The van der Waals surface area contributed by atoms with Crippen molar-refractivity contribution in [1.29, 1.82) is 0 Å². The number of ether oxygens (including phenoxy) is 2. The minimum absolute atomic E-state index is 0.168. The fourth-order valence-corrected chi connectivity index (χ4v) is 5.22. The van der Waals surface area contributed by atoms with Gasteiger partial charge in [-0.3, -0.25) is 4.90 Å². The normalized spacial score (nSPS) is 20.9. The molecule has 2 heterocycles. The van der Waals surface area contributed by atoms with E-state index in [0.717, 1.165) is 56.0 Å². The van der Waals surface area contributed by atoms with E-state index in [0.29, 0.717) is 12.6 Å². The second-order valence-electron chi connectivity index (χ2n) is 9.53. The zero-order chi connectivity index (χ0) is 23.2. The fraction of sp³-hybridized carbons (Fsp3) is 0.464. The van der Waals surface area contributed by atoms with Gasteiger partial charge in [-0.25, -0.2) is 4.98 Å². The fourth-order valence-electron chi connectivity index (χ4n) is 5.22. The highest BCUT2D eigenvalue weighted by Crippen LogP contribution is 2.32. The molecule has 1 aromatic heterocycles. The van der Waals surface area contributed by atoms with E-state index in [1.165, 1.54) is 31.2 Å². The van der Waals surface area contributed by atoms with Crippen LogP contribution in [0.1, 0.15) is 55.7 Å². The van der Waals surface area contributed by atoms with Gasteiger partial charge < -0.3 is 19.1 Å². The number of phenolic OH excluding ortho intramolecular Hbond substituents is 1. The van der Waals surface area contributed by atoms with E-state index < -0.39 is 0 Å². The van der Waals surface area contributed by atoms with Gasteiger partial charge in [-0.1, -0.05) is 24.6 Å². The van der Waals surface area contributed by atoms with Crippen molar-refractivity contribution >= 4 is 0 Å². The maximum Gasteiger partial charge on any atom is 0.126 e. The average molecular weight is 462 g/mol. The Morgan fingerprint density at radius 3 is 2.59 bits per heavy atom. The summed E-state index contributed by atoms with van der Waals surface area (Å²) >= 11 is 0.